The minimum Gasteiger partial charge on any atom is -0.296 e. The van der Waals surface area contributed by atoms with E-state index < -0.39 is 23.3 Å². The number of hydrogen-bond donors (Lipinski definition) is 0. The van der Waals surface area contributed by atoms with Gasteiger partial charge in [-0.3, -0.25) is 9.09 Å². The van der Waals surface area contributed by atoms with Gasteiger partial charge in [-0.25, -0.2) is 22.4 Å². The van der Waals surface area contributed by atoms with Crippen LogP contribution in [0.3, 0.4) is 0 Å². The average Bonchev–Trinajstić information content (AvgIpc) is 2.85. The Morgan fingerprint density at radius 3 is 2.62 bits per heavy atom. The first-order chi connectivity index (χ1) is 11.3. The predicted molar refractivity (Wildman–Crippen MR) is 76.8 cm³/mol. The van der Waals surface area contributed by atoms with Gasteiger partial charge in [0.15, 0.2) is 5.82 Å². The molecule has 1 aliphatic carbocycles. The number of nitrogens with zero attached hydrogens (tertiary/aromatic N) is 2. The van der Waals surface area contributed by atoms with Crippen LogP contribution in [0.15, 0.2) is 27.5 Å². The van der Waals surface area contributed by atoms with Crippen LogP contribution in [0.4, 0.5) is 17.6 Å². The highest BCUT2D eigenvalue weighted by molar-refractivity contribution is 5.21. The molecule has 8 heteroatoms. The van der Waals surface area contributed by atoms with Gasteiger partial charge in [0.05, 0.1) is 0 Å². The van der Waals surface area contributed by atoms with E-state index in [1.54, 1.807) is 0 Å². The molecule has 4 nitrogen and oxygen atoms in total. The van der Waals surface area contributed by atoms with Crippen molar-refractivity contribution in [3.05, 3.63) is 51.8 Å². The molecular formula is C16H16F4N2O2. The van der Waals surface area contributed by atoms with Crippen LogP contribution in [0.1, 0.15) is 37.1 Å². The third kappa shape index (κ3) is 3.68. The Balaban J connectivity index is 1.76. The maximum atomic E-state index is 13.7. The molecule has 24 heavy (non-hydrogen) atoms. The van der Waals surface area contributed by atoms with Gasteiger partial charge in [-0.1, -0.05) is 11.2 Å². The molecule has 2 aromatic rings. The molecule has 0 N–H and O–H groups in total. The van der Waals surface area contributed by atoms with Gasteiger partial charge in [-0.15, -0.1) is 0 Å². The molecule has 0 unspecified atom stereocenters. The molecule has 0 aliphatic heterocycles. The monoisotopic (exact) mass is 344 g/mol. The molecule has 0 saturated heterocycles. The van der Waals surface area contributed by atoms with Gasteiger partial charge in [0.1, 0.15) is 11.6 Å². The van der Waals surface area contributed by atoms with Crippen LogP contribution in [0.2, 0.25) is 0 Å². The molecule has 0 amide bonds. The number of hydrogen-bond acceptors (Lipinski definition) is 3. The zero-order valence-corrected chi connectivity index (χ0v) is 12.8. The zero-order valence-electron chi connectivity index (χ0n) is 12.8. The summed E-state index contributed by atoms with van der Waals surface area (Å²) in [6.07, 6.45) is 0.143. The number of rotatable bonds is 4. The Hall–Kier alpha value is -2.12. The third-order valence-corrected chi connectivity index (χ3v) is 4.40. The maximum Gasteiger partial charge on any atom is 0.441 e. The fraction of sp³-hybridized carbons (Fsp3) is 0.500. The normalized spacial score (nSPS) is 18.0. The minimum absolute atomic E-state index is 0.0409. The summed E-state index contributed by atoms with van der Waals surface area (Å²) in [7, 11) is 0. The average molecular weight is 344 g/mol. The lowest BCUT2D eigenvalue weighted by Gasteiger charge is -2.28. The van der Waals surface area contributed by atoms with Crippen molar-refractivity contribution < 1.29 is 22.1 Å². The van der Waals surface area contributed by atoms with Crippen molar-refractivity contribution in [2.45, 2.75) is 44.6 Å². The summed E-state index contributed by atoms with van der Waals surface area (Å²) in [5.74, 6) is -4.67. The van der Waals surface area contributed by atoms with Crippen LogP contribution in [0, 0.1) is 17.6 Å². The highest BCUT2D eigenvalue weighted by Gasteiger charge is 2.35. The first-order valence-corrected chi connectivity index (χ1v) is 7.71. The maximum absolute atomic E-state index is 13.7. The second-order valence-corrected chi connectivity index (χ2v) is 6.19. The van der Waals surface area contributed by atoms with Crippen molar-refractivity contribution in [1.82, 2.24) is 9.72 Å². The molecule has 0 atom stereocenters. The molecule has 1 saturated carbocycles. The van der Waals surface area contributed by atoms with Crippen LogP contribution >= 0.6 is 0 Å². The van der Waals surface area contributed by atoms with Crippen molar-refractivity contribution in [3.8, 4) is 0 Å². The van der Waals surface area contributed by atoms with E-state index >= 15 is 0 Å². The first kappa shape index (κ1) is 16.7. The second kappa shape index (κ2) is 6.41. The number of halogens is 4. The highest BCUT2D eigenvalue weighted by Crippen LogP contribution is 2.36. The molecule has 0 spiro atoms. The fourth-order valence-corrected chi connectivity index (χ4v) is 2.98. The van der Waals surface area contributed by atoms with Crippen LogP contribution in [-0.2, 0) is 13.0 Å². The van der Waals surface area contributed by atoms with E-state index in [1.807, 2.05) is 0 Å². The van der Waals surface area contributed by atoms with Gasteiger partial charge in [0.25, 0.3) is 0 Å². The third-order valence-electron chi connectivity index (χ3n) is 4.40. The Morgan fingerprint density at radius 2 is 1.96 bits per heavy atom. The predicted octanol–water partition coefficient (Wildman–Crippen LogP) is 3.53. The van der Waals surface area contributed by atoms with E-state index in [9.17, 15) is 22.4 Å². The van der Waals surface area contributed by atoms with Crippen molar-refractivity contribution in [1.29, 1.82) is 0 Å². The Kier molecular flexibility index (Phi) is 4.47. The molecule has 0 bridgehead atoms. The van der Waals surface area contributed by atoms with E-state index in [0.29, 0.717) is 12.8 Å². The standard InChI is InChI=1S/C16H16F4N2O2/c17-12-2-1-11(13(18)8-12)7-14-21-24-15(23)22(14)9-10-3-5-16(19,20)6-4-10/h1-2,8,10H,3-7,9H2. The Morgan fingerprint density at radius 1 is 1.25 bits per heavy atom. The molecular weight excluding hydrogens is 328 g/mol. The van der Waals surface area contributed by atoms with Crippen molar-refractivity contribution in [2.24, 2.45) is 5.92 Å². The summed E-state index contributed by atoms with van der Waals surface area (Å²) in [4.78, 5) is 11.8. The van der Waals surface area contributed by atoms with E-state index in [1.165, 1.54) is 10.6 Å². The van der Waals surface area contributed by atoms with Gasteiger partial charge in [-0.05, 0) is 30.4 Å². The van der Waals surface area contributed by atoms with E-state index in [0.717, 1.165) is 12.1 Å². The van der Waals surface area contributed by atoms with Gasteiger partial charge in [-0.2, -0.15) is 0 Å². The van der Waals surface area contributed by atoms with Crippen molar-refractivity contribution in [3.63, 3.8) is 0 Å². The van der Waals surface area contributed by atoms with Crippen LogP contribution < -0.4 is 5.76 Å². The van der Waals surface area contributed by atoms with Crippen molar-refractivity contribution >= 4 is 0 Å². The van der Waals surface area contributed by atoms with Crippen LogP contribution in [0.5, 0.6) is 0 Å². The second-order valence-electron chi connectivity index (χ2n) is 6.19. The summed E-state index contributed by atoms with van der Waals surface area (Å²) in [6, 6.07) is 3.14. The molecule has 1 aromatic carbocycles. The summed E-state index contributed by atoms with van der Waals surface area (Å²) in [5.41, 5.74) is 0.175. The minimum atomic E-state index is -2.64. The highest BCUT2D eigenvalue weighted by atomic mass is 19.3. The van der Waals surface area contributed by atoms with Crippen molar-refractivity contribution in [2.75, 3.05) is 0 Å². The van der Waals surface area contributed by atoms with Gasteiger partial charge >= 0.3 is 5.76 Å². The molecule has 1 aromatic heterocycles. The van der Waals surface area contributed by atoms with Gasteiger partial charge in [0, 0.05) is 31.9 Å². The molecule has 1 fully saturated rings. The molecule has 1 heterocycles. The quantitative estimate of drug-likeness (QED) is 0.797. The topological polar surface area (TPSA) is 48.0 Å². The fourth-order valence-electron chi connectivity index (χ4n) is 2.98. The SMILES string of the molecule is O=c1onc(Cc2ccc(F)cc2F)n1CC1CCC(F)(F)CC1. The smallest absolute Gasteiger partial charge is 0.296 e. The lowest BCUT2D eigenvalue weighted by Crippen LogP contribution is -2.29. The molecule has 3 rings (SSSR count). The van der Waals surface area contributed by atoms with E-state index in [2.05, 4.69) is 9.68 Å². The van der Waals surface area contributed by atoms with Gasteiger partial charge < -0.3 is 0 Å². The first-order valence-electron chi connectivity index (χ1n) is 7.71. The van der Waals surface area contributed by atoms with E-state index in [4.69, 9.17) is 0 Å². The largest absolute Gasteiger partial charge is 0.441 e. The lowest BCUT2D eigenvalue weighted by atomic mass is 9.86. The Labute approximate surface area is 135 Å². The van der Waals surface area contributed by atoms with E-state index in [-0.39, 0.29) is 43.1 Å². The number of aromatic nitrogens is 2. The summed E-state index contributed by atoms with van der Waals surface area (Å²) in [5, 5.41) is 3.64. The molecule has 1 aliphatic rings. The summed E-state index contributed by atoms with van der Waals surface area (Å²) >= 11 is 0. The zero-order chi connectivity index (χ0) is 17.3. The number of alkyl halides is 2. The summed E-state index contributed by atoms with van der Waals surface area (Å²) in [6.45, 7) is 0.205. The molecule has 0 radical (unpaired) electrons. The molecule has 130 valence electrons. The van der Waals surface area contributed by atoms with Crippen LogP contribution in [0.25, 0.3) is 0 Å². The summed E-state index contributed by atoms with van der Waals surface area (Å²) < 4.78 is 59.0. The lowest BCUT2D eigenvalue weighted by molar-refractivity contribution is -0.0475. The van der Waals surface area contributed by atoms with Gasteiger partial charge in [0.2, 0.25) is 5.92 Å². The van der Waals surface area contributed by atoms with Crippen LogP contribution in [-0.4, -0.2) is 15.6 Å². The Bertz CT molecular complexity index is 775. The number of benzene rings is 1.